The third-order valence-corrected chi connectivity index (χ3v) is 3.02. The van der Waals surface area contributed by atoms with Crippen LogP contribution in [0, 0.1) is 5.92 Å². The number of aryl methyl sites for hydroxylation is 1. The highest BCUT2D eigenvalue weighted by molar-refractivity contribution is 5.09. The molecule has 2 atom stereocenters. The largest absolute Gasteiger partial charge is 0.376 e. The van der Waals surface area contributed by atoms with Gasteiger partial charge in [0.15, 0.2) is 0 Å². The number of rotatable bonds is 7. The van der Waals surface area contributed by atoms with Crippen LogP contribution in [0.15, 0.2) is 12.3 Å². The van der Waals surface area contributed by atoms with Gasteiger partial charge in [-0.3, -0.25) is 4.68 Å². The monoisotopic (exact) mass is 239 g/mol. The van der Waals surface area contributed by atoms with E-state index in [0.29, 0.717) is 5.92 Å². The highest BCUT2D eigenvalue weighted by Crippen LogP contribution is 2.24. The van der Waals surface area contributed by atoms with Crippen LogP contribution < -0.4 is 5.32 Å². The van der Waals surface area contributed by atoms with E-state index in [4.69, 9.17) is 4.74 Å². The predicted molar refractivity (Wildman–Crippen MR) is 70.0 cm³/mol. The van der Waals surface area contributed by atoms with Gasteiger partial charge in [0.25, 0.3) is 0 Å². The molecule has 0 aliphatic carbocycles. The van der Waals surface area contributed by atoms with E-state index in [9.17, 15) is 0 Å². The lowest BCUT2D eigenvalue weighted by atomic mass is 9.97. The number of aromatic nitrogens is 2. The van der Waals surface area contributed by atoms with Gasteiger partial charge in [0.05, 0.1) is 17.8 Å². The highest BCUT2D eigenvalue weighted by atomic mass is 16.5. The number of ether oxygens (including phenoxy) is 1. The Hall–Kier alpha value is -0.870. The van der Waals surface area contributed by atoms with Crippen molar-refractivity contribution in [3.63, 3.8) is 0 Å². The topological polar surface area (TPSA) is 39.1 Å². The molecule has 0 aromatic carbocycles. The SMILES string of the molecule is CCOC(C(C)C)C(NC)c1ccnn1CC. The molecule has 1 N–H and O–H groups in total. The Morgan fingerprint density at radius 2 is 2.12 bits per heavy atom. The minimum atomic E-state index is 0.173. The molecule has 0 radical (unpaired) electrons. The van der Waals surface area contributed by atoms with Crippen molar-refractivity contribution in [3.05, 3.63) is 18.0 Å². The third-order valence-electron chi connectivity index (χ3n) is 3.02. The second kappa shape index (κ2) is 6.77. The van der Waals surface area contributed by atoms with Gasteiger partial charge >= 0.3 is 0 Å². The van der Waals surface area contributed by atoms with E-state index < -0.39 is 0 Å². The van der Waals surface area contributed by atoms with Crippen LogP contribution >= 0.6 is 0 Å². The fourth-order valence-electron chi connectivity index (χ4n) is 2.22. The van der Waals surface area contributed by atoms with Crippen molar-refractivity contribution in [3.8, 4) is 0 Å². The second-order valence-corrected chi connectivity index (χ2v) is 4.50. The number of likely N-dealkylation sites (N-methyl/N-ethyl adjacent to an activating group) is 1. The Labute approximate surface area is 104 Å². The number of hydrogen-bond donors (Lipinski definition) is 1. The van der Waals surface area contributed by atoms with Gasteiger partial charge in [-0.1, -0.05) is 13.8 Å². The van der Waals surface area contributed by atoms with Crippen molar-refractivity contribution in [1.82, 2.24) is 15.1 Å². The molecule has 0 aliphatic rings. The molecule has 0 spiro atoms. The first-order chi connectivity index (χ1) is 8.15. The summed E-state index contributed by atoms with van der Waals surface area (Å²) in [5.74, 6) is 0.465. The van der Waals surface area contributed by atoms with Gasteiger partial charge < -0.3 is 10.1 Å². The van der Waals surface area contributed by atoms with E-state index in [-0.39, 0.29) is 12.1 Å². The molecule has 17 heavy (non-hydrogen) atoms. The Morgan fingerprint density at radius 1 is 1.41 bits per heavy atom. The molecule has 1 rings (SSSR count). The second-order valence-electron chi connectivity index (χ2n) is 4.50. The summed E-state index contributed by atoms with van der Waals surface area (Å²) in [6.45, 7) is 10.2. The van der Waals surface area contributed by atoms with Crippen molar-refractivity contribution in [2.24, 2.45) is 5.92 Å². The van der Waals surface area contributed by atoms with Crippen LogP contribution in [0.3, 0.4) is 0 Å². The molecular weight excluding hydrogens is 214 g/mol. The van der Waals surface area contributed by atoms with Gasteiger partial charge in [-0.15, -0.1) is 0 Å². The molecule has 1 heterocycles. The summed E-state index contributed by atoms with van der Waals surface area (Å²) in [6, 6.07) is 2.26. The van der Waals surface area contributed by atoms with Gasteiger partial charge in [-0.2, -0.15) is 5.10 Å². The van der Waals surface area contributed by atoms with Crippen molar-refractivity contribution < 1.29 is 4.74 Å². The summed E-state index contributed by atoms with van der Waals surface area (Å²) in [5.41, 5.74) is 1.20. The van der Waals surface area contributed by atoms with E-state index in [2.05, 4.69) is 37.3 Å². The van der Waals surface area contributed by atoms with Crippen LogP contribution in [0.4, 0.5) is 0 Å². The third kappa shape index (κ3) is 3.30. The molecule has 2 unspecified atom stereocenters. The van der Waals surface area contributed by atoms with E-state index >= 15 is 0 Å². The van der Waals surface area contributed by atoms with Crippen molar-refractivity contribution >= 4 is 0 Å². The molecular formula is C13H25N3O. The van der Waals surface area contributed by atoms with Crippen LogP contribution in [-0.2, 0) is 11.3 Å². The van der Waals surface area contributed by atoms with Crippen LogP contribution in [0.5, 0.6) is 0 Å². The first kappa shape index (κ1) is 14.2. The minimum Gasteiger partial charge on any atom is -0.376 e. The van der Waals surface area contributed by atoms with E-state index in [1.54, 1.807) is 0 Å². The van der Waals surface area contributed by atoms with Gasteiger partial charge in [-0.25, -0.2) is 0 Å². The van der Waals surface area contributed by atoms with Crippen molar-refractivity contribution in [2.75, 3.05) is 13.7 Å². The summed E-state index contributed by atoms with van der Waals surface area (Å²) in [4.78, 5) is 0. The van der Waals surface area contributed by atoms with Crippen molar-refractivity contribution in [2.45, 2.75) is 46.4 Å². The number of nitrogens with zero attached hydrogens (tertiary/aromatic N) is 2. The maximum atomic E-state index is 5.88. The molecule has 0 fully saturated rings. The molecule has 1 aromatic rings. The molecule has 4 heteroatoms. The van der Waals surface area contributed by atoms with Crippen LogP contribution in [-0.4, -0.2) is 29.5 Å². The van der Waals surface area contributed by atoms with Crippen LogP contribution in [0.1, 0.15) is 39.4 Å². The Balaban J connectivity index is 2.95. The zero-order chi connectivity index (χ0) is 12.8. The molecule has 0 aliphatic heterocycles. The molecule has 1 aromatic heterocycles. The maximum absolute atomic E-state index is 5.88. The lowest BCUT2D eigenvalue weighted by Crippen LogP contribution is -2.37. The normalized spacial score (nSPS) is 15.2. The first-order valence-electron chi connectivity index (χ1n) is 6.46. The Morgan fingerprint density at radius 3 is 2.59 bits per heavy atom. The lowest BCUT2D eigenvalue weighted by Gasteiger charge is -2.30. The zero-order valence-corrected chi connectivity index (χ0v) is 11.6. The molecule has 0 amide bonds. The van der Waals surface area contributed by atoms with Gasteiger partial charge in [0, 0.05) is 19.3 Å². The number of nitrogens with one attached hydrogen (secondary N) is 1. The zero-order valence-electron chi connectivity index (χ0n) is 11.6. The molecule has 98 valence electrons. The van der Waals surface area contributed by atoms with Gasteiger partial charge in [-0.05, 0) is 32.9 Å². The quantitative estimate of drug-likeness (QED) is 0.793. The minimum absolute atomic E-state index is 0.173. The predicted octanol–water partition coefficient (Wildman–Crippen LogP) is 2.22. The first-order valence-corrected chi connectivity index (χ1v) is 6.46. The molecule has 0 bridgehead atoms. The summed E-state index contributed by atoms with van der Waals surface area (Å²) in [5, 5.41) is 7.69. The summed E-state index contributed by atoms with van der Waals surface area (Å²) in [6.07, 6.45) is 2.03. The molecule has 0 saturated carbocycles. The number of hydrogen-bond acceptors (Lipinski definition) is 3. The van der Waals surface area contributed by atoms with Crippen LogP contribution in [0.25, 0.3) is 0 Å². The van der Waals surface area contributed by atoms with Gasteiger partial charge in [0.2, 0.25) is 0 Å². The molecule has 0 saturated heterocycles. The van der Waals surface area contributed by atoms with E-state index in [0.717, 1.165) is 13.2 Å². The summed E-state index contributed by atoms with van der Waals surface area (Å²) in [7, 11) is 1.98. The van der Waals surface area contributed by atoms with Crippen molar-refractivity contribution in [1.29, 1.82) is 0 Å². The van der Waals surface area contributed by atoms with E-state index in [1.807, 2.05) is 24.9 Å². The Kier molecular flexibility index (Phi) is 5.65. The standard InChI is InChI=1S/C13H25N3O/c1-6-16-11(8-9-15-16)12(14-5)13(10(3)4)17-7-2/h8-10,12-14H,6-7H2,1-5H3. The smallest absolute Gasteiger partial charge is 0.0807 e. The van der Waals surface area contributed by atoms with E-state index in [1.165, 1.54) is 5.69 Å². The summed E-state index contributed by atoms with van der Waals surface area (Å²) < 4.78 is 7.90. The maximum Gasteiger partial charge on any atom is 0.0807 e. The summed E-state index contributed by atoms with van der Waals surface area (Å²) >= 11 is 0. The fraction of sp³-hybridized carbons (Fsp3) is 0.769. The average molecular weight is 239 g/mol. The fourth-order valence-corrected chi connectivity index (χ4v) is 2.22. The van der Waals surface area contributed by atoms with Gasteiger partial charge in [0.1, 0.15) is 0 Å². The molecule has 4 nitrogen and oxygen atoms in total. The Bertz CT molecular complexity index is 322. The average Bonchev–Trinajstić information content (AvgIpc) is 2.77. The lowest BCUT2D eigenvalue weighted by molar-refractivity contribution is 0.00259. The van der Waals surface area contributed by atoms with Crippen LogP contribution in [0.2, 0.25) is 0 Å². The highest BCUT2D eigenvalue weighted by Gasteiger charge is 2.27.